The Morgan fingerprint density at radius 3 is 2.30 bits per heavy atom. The minimum absolute atomic E-state index is 0.121. The van der Waals surface area contributed by atoms with Gasteiger partial charge in [-0.2, -0.15) is 13.2 Å². The van der Waals surface area contributed by atoms with Crippen LogP contribution in [-0.2, 0) is 4.79 Å². The van der Waals surface area contributed by atoms with E-state index >= 15 is 0 Å². The molecule has 1 amide bonds. The molecule has 2 saturated carbocycles. The zero-order chi connectivity index (χ0) is 14.9. The summed E-state index contributed by atoms with van der Waals surface area (Å²) in [5.41, 5.74) is 0. The number of alkyl halides is 5. The van der Waals surface area contributed by atoms with Crippen molar-refractivity contribution in [3.8, 4) is 0 Å². The molecule has 0 aromatic heterocycles. The van der Waals surface area contributed by atoms with E-state index in [2.05, 4.69) is 10.3 Å². The molecule has 3 aliphatic rings. The highest BCUT2D eigenvalue weighted by Gasteiger charge is 2.71. The third-order valence-electron chi connectivity index (χ3n) is 4.21. The Morgan fingerprint density at radius 1 is 1.30 bits per heavy atom. The van der Waals surface area contributed by atoms with Crippen LogP contribution in [-0.4, -0.2) is 34.0 Å². The average molecular weight is 314 g/mol. The van der Waals surface area contributed by atoms with E-state index in [4.69, 9.17) is 0 Å². The topological polar surface area (TPSA) is 41.5 Å². The molecule has 0 bridgehead atoms. The summed E-state index contributed by atoms with van der Waals surface area (Å²) in [6, 6.07) is -0.428. The maximum absolute atomic E-state index is 13.0. The SMILES string of the molecule is CC1(C(F)(F)F)SC(=NC2C[C@@H]3[C@H](C2)C3(F)F)NC1=O. The van der Waals surface area contributed by atoms with Gasteiger partial charge in [-0.25, -0.2) is 8.78 Å². The third-order valence-corrected chi connectivity index (χ3v) is 5.44. The van der Waals surface area contributed by atoms with E-state index in [9.17, 15) is 26.7 Å². The van der Waals surface area contributed by atoms with Crippen molar-refractivity contribution in [2.24, 2.45) is 16.8 Å². The van der Waals surface area contributed by atoms with E-state index in [1.165, 1.54) is 0 Å². The Hall–Kier alpha value is -0.860. The molecule has 3 rings (SSSR count). The van der Waals surface area contributed by atoms with Crippen LogP contribution in [0.25, 0.3) is 0 Å². The summed E-state index contributed by atoms with van der Waals surface area (Å²) in [6.07, 6.45) is -4.36. The number of amidine groups is 1. The number of rotatable bonds is 1. The first-order valence-electron chi connectivity index (χ1n) is 6.08. The van der Waals surface area contributed by atoms with Crippen LogP contribution in [0.1, 0.15) is 19.8 Å². The summed E-state index contributed by atoms with van der Waals surface area (Å²) in [5.74, 6) is -5.20. The van der Waals surface area contributed by atoms with Crippen molar-refractivity contribution < 1.29 is 26.7 Å². The molecule has 20 heavy (non-hydrogen) atoms. The molecular weight excluding hydrogens is 303 g/mol. The standard InChI is InChI=1S/C11H11F5N2OS/c1-9(11(14,15)16)7(19)18-8(20-9)17-4-2-5-6(3-4)10(5,12)13/h4-6H,2-3H2,1H3,(H,17,18,19)/t4?,5-,6+,9?. The lowest BCUT2D eigenvalue weighted by atomic mass is 10.1. The minimum Gasteiger partial charge on any atom is -0.304 e. The van der Waals surface area contributed by atoms with Gasteiger partial charge in [-0.1, -0.05) is 11.8 Å². The molecule has 0 aromatic rings. The van der Waals surface area contributed by atoms with Gasteiger partial charge in [-0.15, -0.1) is 0 Å². The van der Waals surface area contributed by atoms with E-state index < -0.39 is 40.6 Å². The van der Waals surface area contributed by atoms with Gasteiger partial charge < -0.3 is 5.32 Å². The van der Waals surface area contributed by atoms with Gasteiger partial charge in [0.05, 0.1) is 6.04 Å². The monoisotopic (exact) mass is 314 g/mol. The summed E-state index contributed by atoms with van der Waals surface area (Å²) in [4.78, 5) is 15.4. The number of nitrogens with one attached hydrogen (secondary N) is 1. The highest BCUT2D eigenvalue weighted by Crippen LogP contribution is 2.64. The Morgan fingerprint density at radius 2 is 1.85 bits per heavy atom. The summed E-state index contributed by atoms with van der Waals surface area (Å²) in [5, 5.41) is 1.97. The van der Waals surface area contributed by atoms with Crippen LogP contribution in [0.2, 0.25) is 0 Å². The number of aliphatic imine (C=N–C) groups is 1. The molecule has 9 heteroatoms. The fourth-order valence-corrected chi connectivity index (χ4v) is 3.78. The molecule has 1 N–H and O–H groups in total. The number of fused-ring (bicyclic) bond motifs is 1. The first-order chi connectivity index (χ1) is 9.05. The number of halogens is 5. The van der Waals surface area contributed by atoms with Crippen LogP contribution in [0.5, 0.6) is 0 Å². The molecular formula is C11H11F5N2OS. The molecule has 1 saturated heterocycles. The van der Waals surface area contributed by atoms with Gasteiger partial charge in [0, 0.05) is 11.8 Å². The molecule has 2 unspecified atom stereocenters. The highest BCUT2D eigenvalue weighted by molar-refractivity contribution is 8.16. The summed E-state index contributed by atoms with van der Waals surface area (Å²) in [7, 11) is 0. The van der Waals surface area contributed by atoms with Crippen molar-refractivity contribution in [3.05, 3.63) is 0 Å². The van der Waals surface area contributed by atoms with Crippen LogP contribution in [0.4, 0.5) is 22.0 Å². The second-order valence-corrected chi connectivity index (χ2v) is 6.94. The van der Waals surface area contributed by atoms with Crippen LogP contribution < -0.4 is 5.32 Å². The van der Waals surface area contributed by atoms with Crippen LogP contribution in [0.15, 0.2) is 4.99 Å². The van der Waals surface area contributed by atoms with Gasteiger partial charge in [-0.3, -0.25) is 9.79 Å². The average Bonchev–Trinajstić information content (AvgIpc) is 2.69. The van der Waals surface area contributed by atoms with Crippen molar-refractivity contribution in [2.45, 2.75) is 42.7 Å². The predicted molar refractivity (Wildman–Crippen MR) is 62.6 cm³/mol. The molecule has 3 fully saturated rings. The number of hydrogen-bond acceptors (Lipinski definition) is 3. The van der Waals surface area contributed by atoms with Gasteiger partial charge in [0.1, 0.15) is 0 Å². The normalized spacial score (nSPS) is 44.6. The highest BCUT2D eigenvalue weighted by atomic mass is 32.2. The summed E-state index contributed by atoms with van der Waals surface area (Å²) in [6.45, 7) is 0.787. The second-order valence-electron chi connectivity index (χ2n) is 5.53. The van der Waals surface area contributed by atoms with Gasteiger partial charge in [0.15, 0.2) is 9.91 Å². The van der Waals surface area contributed by atoms with E-state index in [-0.39, 0.29) is 18.0 Å². The van der Waals surface area contributed by atoms with E-state index in [0.717, 1.165) is 6.92 Å². The van der Waals surface area contributed by atoms with Gasteiger partial charge in [0.2, 0.25) is 0 Å². The number of carbonyl (C=O) groups is 1. The molecule has 4 atom stereocenters. The maximum Gasteiger partial charge on any atom is 0.412 e. The maximum atomic E-state index is 13.0. The summed E-state index contributed by atoms with van der Waals surface area (Å²) >= 11 is 0.308. The van der Waals surface area contributed by atoms with Crippen LogP contribution >= 0.6 is 11.8 Å². The number of thioether (sulfide) groups is 1. The first kappa shape index (κ1) is 14.1. The Bertz CT molecular complexity index is 492. The molecule has 112 valence electrons. The largest absolute Gasteiger partial charge is 0.412 e. The van der Waals surface area contributed by atoms with Crippen LogP contribution in [0, 0.1) is 11.8 Å². The zero-order valence-electron chi connectivity index (χ0n) is 10.3. The molecule has 1 heterocycles. The van der Waals surface area contributed by atoms with E-state index in [1.807, 2.05) is 0 Å². The van der Waals surface area contributed by atoms with Crippen molar-refractivity contribution in [1.82, 2.24) is 5.32 Å². The fraction of sp³-hybridized carbons (Fsp3) is 0.818. The Labute approximate surface area is 115 Å². The van der Waals surface area contributed by atoms with Crippen molar-refractivity contribution in [1.29, 1.82) is 0 Å². The molecule has 0 spiro atoms. The van der Waals surface area contributed by atoms with Crippen molar-refractivity contribution in [2.75, 3.05) is 0 Å². The van der Waals surface area contributed by atoms with Gasteiger partial charge >= 0.3 is 6.18 Å². The summed E-state index contributed by atoms with van der Waals surface area (Å²) < 4.78 is 61.9. The number of amides is 1. The fourth-order valence-electron chi connectivity index (χ4n) is 2.78. The molecule has 2 aliphatic carbocycles. The lowest BCUT2D eigenvalue weighted by molar-refractivity contribution is -0.166. The number of hydrogen-bond donors (Lipinski definition) is 1. The number of nitrogens with zero attached hydrogens (tertiary/aromatic N) is 1. The van der Waals surface area contributed by atoms with E-state index in [1.54, 1.807) is 0 Å². The second kappa shape index (κ2) is 3.86. The zero-order valence-corrected chi connectivity index (χ0v) is 11.1. The van der Waals surface area contributed by atoms with Crippen molar-refractivity contribution in [3.63, 3.8) is 0 Å². The van der Waals surface area contributed by atoms with E-state index in [0.29, 0.717) is 11.8 Å². The predicted octanol–water partition coefficient (Wildman–Crippen LogP) is 2.57. The van der Waals surface area contributed by atoms with Crippen molar-refractivity contribution >= 4 is 22.8 Å². The van der Waals surface area contributed by atoms with Gasteiger partial charge in [0.25, 0.3) is 11.8 Å². The quantitative estimate of drug-likeness (QED) is 0.756. The minimum atomic E-state index is -4.69. The smallest absolute Gasteiger partial charge is 0.304 e. The van der Waals surface area contributed by atoms with Crippen LogP contribution in [0.3, 0.4) is 0 Å². The first-order valence-corrected chi connectivity index (χ1v) is 6.90. The molecule has 3 nitrogen and oxygen atoms in total. The Balaban J connectivity index is 1.69. The van der Waals surface area contributed by atoms with Gasteiger partial charge in [-0.05, 0) is 19.8 Å². The molecule has 0 radical (unpaired) electrons. The Kier molecular flexibility index (Phi) is 2.72. The lowest BCUT2D eigenvalue weighted by Gasteiger charge is -2.21. The third kappa shape index (κ3) is 1.85. The molecule has 1 aliphatic heterocycles. The lowest BCUT2D eigenvalue weighted by Crippen LogP contribution is -2.46. The molecule has 0 aromatic carbocycles. The number of carbonyl (C=O) groups excluding carboxylic acids is 1.